The average molecular weight is 307 g/mol. The average Bonchev–Trinajstić information content (AvgIpc) is 3.28. The highest BCUT2D eigenvalue weighted by molar-refractivity contribution is 5.79. The maximum Gasteiger partial charge on any atom is 0.417 e. The Kier molecular flexibility index (Phi) is 2.16. The monoisotopic (exact) mass is 307 g/mol. The molecule has 22 heavy (non-hydrogen) atoms. The molecule has 5 rings (SSSR count). The lowest BCUT2D eigenvalue weighted by atomic mass is 10.2. The highest BCUT2D eigenvalue weighted by atomic mass is 19.4. The third-order valence-corrected chi connectivity index (χ3v) is 5.22. The van der Waals surface area contributed by atoms with E-state index in [2.05, 4.69) is 28.6 Å². The number of anilines is 1. The summed E-state index contributed by atoms with van der Waals surface area (Å²) in [5, 5.41) is 0. The number of fused-ring (bicyclic) bond motifs is 2. The molecule has 2 fully saturated rings. The molecule has 1 aromatic heterocycles. The van der Waals surface area contributed by atoms with Crippen molar-refractivity contribution in [2.45, 2.75) is 44.2 Å². The number of nitrogens with zero attached hydrogens (tertiary/aromatic N) is 3. The number of hydrogen-bond acceptors (Lipinski definition) is 3. The van der Waals surface area contributed by atoms with Gasteiger partial charge in [-0.3, -0.25) is 4.90 Å². The van der Waals surface area contributed by atoms with Crippen LogP contribution in [0.1, 0.15) is 19.4 Å². The third kappa shape index (κ3) is 1.44. The molecular weight excluding hydrogens is 291 g/mol. The molecule has 4 aliphatic rings. The maximum absolute atomic E-state index is 12.6. The third-order valence-electron chi connectivity index (χ3n) is 5.22. The number of piperazine rings is 1. The lowest BCUT2D eigenvalue weighted by Crippen LogP contribution is -2.47. The van der Waals surface area contributed by atoms with Gasteiger partial charge in [0.25, 0.3) is 0 Å². The number of pyridine rings is 1. The van der Waals surface area contributed by atoms with Crippen molar-refractivity contribution < 1.29 is 13.2 Å². The summed E-state index contributed by atoms with van der Waals surface area (Å²) in [6.45, 7) is 5.55. The Labute approximate surface area is 126 Å². The summed E-state index contributed by atoms with van der Waals surface area (Å²) in [5.41, 5.74) is 2.37. The van der Waals surface area contributed by atoms with Gasteiger partial charge in [-0.05, 0) is 29.2 Å². The van der Waals surface area contributed by atoms with Crippen molar-refractivity contribution in [2.24, 2.45) is 5.92 Å². The van der Waals surface area contributed by atoms with Crippen molar-refractivity contribution in [1.29, 1.82) is 0 Å². The molecule has 0 amide bonds. The standard InChI is InChI=1S/C16H16F3N3/c1-7(2)6-21-12-10-11-13(21)15(11)22(14(10)12)9-4-3-8(5-20-9)16(17,18)19/h3-5,7,12-15H,6H2,1-2H3. The fourth-order valence-corrected chi connectivity index (χ4v) is 4.46. The summed E-state index contributed by atoms with van der Waals surface area (Å²) in [4.78, 5) is 8.89. The summed E-state index contributed by atoms with van der Waals surface area (Å²) >= 11 is 0. The number of hydrogen-bond donors (Lipinski definition) is 0. The first-order valence-corrected chi connectivity index (χ1v) is 7.71. The van der Waals surface area contributed by atoms with E-state index in [0.29, 0.717) is 35.9 Å². The lowest BCUT2D eigenvalue weighted by Gasteiger charge is -2.33. The molecule has 116 valence electrons. The Morgan fingerprint density at radius 2 is 1.73 bits per heavy atom. The minimum atomic E-state index is -4.32. The second-order valence-corrected chi connectivity index (χ2v) is 7.09. The zero-order valence-corrected chi connectivity index (χ0v) is 12.3. The zero-order valence-electron chi connectivity index (χ0n) is 12.3. The topological polar surface area (TPSA) is 19.4 Å². The molecule has 2 aliphatic carbocycles. The molecule has 1 aromatic rings. The lowest BCUT2D eigenvalue weighted by molar-refractivity contribution is -0.137. The second kappa shape index (κ2) is 3.67. The Hall–Kier alpha value is -1.56. The minimum absolute atomic E-state index is 0.369. The van der Waals surface area contributed by atoms with Gasteiger partial charge in [-0.15, -0.1) is 0 Å². The first kappa shape index (κ1) is 12.9. The van der Waals surface area contributed by atoms with Crippen LogP contribution >= 0.6 is 0 Å². The van der Waals surface area contributed by atoms with Crippen molar-refractivity contribution in [3.63, 3.8) is 0 Å². The Morgan fingerprint density at radius 1 is 1.09 bits per heavy atom. The molecule has 0 bridgehead atoms. The second-order valence-electron chi connectivity index (χ2n) is 7.09. The van der Waals surface area contributed by atoms with Gasteiger partial charge in [0, 0.05) is 12.7 Å². The SMILES string of the molecule is CC(C)CN1C2C3=C4C1C4N(c1ccc(C(F)(F)F)cn1)C32. The van der Waals surface area contributed by atoms with Gasteiger partial charge in [-0.25, -0.2) is 4.98 Å². The molecule has 0 saturated heterocycles. The molecule has 3 nitrogen and oxygen atoms in total. The molecular formula is C16H16F3N3. The van der Waals surface area contributed by atoms with Crippen LogP contribution in [0, 0.1) is 5.92 Å². The van der Waals surface area contributed by atoms with Gasteiger partial charge in [-0.1, -0.05) is 13.8 Å². The summed E-state index contributed by atoms with van der Waals surface area (Å²) in [6.07, 6.45) is -3.37. The predicted molar refractivity (Wildman–Crippen MR) is 75.4 cm³/mol. The fourth-order valence-electron chi connectivity index (χ4n) is 4.46. The Bertz CT molecular complexity index is 666. The van der Waals surface area contributed by atoms with E-state index < -0.39 is 11.7 Å². The van der Waals surface area contributed by atoms with Crippen LogP contribution in [0.25, 0.3) is 0 Å². The minimum Gasteiger partial charge on any atom is -0.339 e. The van der Waals surface area contributed by atoms with E-state index in [0.717, 1.165) is 18.8 Å². The fraction of sp³-hybridized carbons (Fsp3) is 0.562. The summed E-state index contributed by atoms with van der Waals surface area (Å²) < 4.78 is 37.9. The molecule has 3 heterocycles. The van der Waals surface area contributed by atoms with E-state index in [4.69, 9.17) is 0 Å². The molecule has 6 heteroatoms. The summed E-state index contributed by atoms with van der Waals surface area (Å²) in [5.74, 6) is 1.32. The highest BCUT2D eigenvalue weighted by Gasteiger charge is 2.79. The first-order chi connectivity index (χ1) is 10.4. The maximum atomic E-state index is 12.6. The van der Waals surface area contributed by atoms with Crippen LogP contribution in [0.5, 0.6) is 0 Å². The molecule has 4 unspecified atom stereocenters. The van der Waals surface area contributed by atoms with Crippen molar-refractivity contribution in [3.05, 3.63) is 35.0 Å². The van der Waals surface area contributed by atoms with E-state index in [9.17, 15) is 13.2 Å². The van der Waals surface area contributed by atoms with E-state index in [-0.39, 0.29) is 0 Å². The zero-order chi connectivity index (χ0) is 15.4. The van der Waals surface area contributed by atoms with E-state index in [1.165, 1.54) is 17.2 Å². The molecule has 2 aliphatic heterocycles. The van der Waals surface area contributed by atoms with Crippen LogP contribution < -0.4 is 4.90 Å². The molecule has 4 atom stereocenters. The quantitative estimate of drug-likeness (QED) is 0.801. The summed E-state index contributed by atoms with van der Waals surface area (Å²) in [6, 6.07) is 4.39. The van der Waals surface area contributed by atoms with Crippen molar-refractivity contribution in [2.75, 3.05) is 11.4 Å². The first-order valence-electron chi connectivity index (χ1n) is 7.71. The predicted octanol–water partition coefficient (Wildman–Crippen LogP) is 2.69. The normalized spacial score (nSPS) is 34.7. The highest BCUT2D eigenvalue weighted by Crippen LogP contribution is 2.69. The number of alkyl halides is 3. The van der Waals surface area contributed by atoms with Gasteiger partial charge in [0.1, 0.15) is 5.82 Å². The Balaban J connectivity index is 1.39. The van der Waals surface area contributed by atoms with E-state index >= 15 is 0 Å². The van der Waals surface area contributed by atoms with E-state index in [1.54, 1.807) is 0 Å². The van der Waals surface area contributed by atoms with Crippen LogP contribution in [0.2, 0.25) is 0 Å². The number of rotatable bonds is 3. The van der Waals surface area contributed by atoms with Gasteiger partial charge < -0.3 is 4.90 Å². The van der Waals surface area contributed by atoms with Crippen LogP contribution in [0.3, 0.4) is 0 Å². The van der Waals surface area contributed by atoms with Crippen LogP contribution in [0.4, 0.5) is 19.0 Å². The molecule has 0 aromatic carbocycles. The molecule has 2 saturated carbocycles. The summed E-state index contributed by atoms with van der Waals surface area (Å²) in [7, 11) is 0. The largest absolute Gasteiger partial charge is 0.417 e. The van der Waals surface area contributed by atoms with Crippen LogP contribution in [-0.4, -0.2) is 40.6 Å². The van der Waals surface area contributed by atoms with Crippen molar-refractivity contribution >= 4 is 5.82 Å². The van der Waals surface area contributed by atoms with Crippen LogP contribution in [-0.2, 0) is 6.18 Å². The van der Waals surface area contributed by atoms with Gasteiger partial charge in [-0.2, -0.15) is 13.2 Å². The van der Waals surface area contributed by atoms with Gasteiger partial charge in [0.2, 0.25) is 0 Å². The smallest absolute Gasteiger partial charge is 0.339 e. The Morgan fingerprint density at radius 3 is 2.18 bits per heavy atom. The van der Waals surface area contributed by atoms with Crippen LogP contribution in [0.15, 0.2) is 29.5 Å². The van der Waals surface area contributed by atoms with Gasteiger partial charge in [0.05, 0.1) is 29.7 Å². The number of halogens is 3. The molecule has 0 N–H and O–H groups in total. The van der Waals surface area contributed by atoms with Gasteiger partial charge in [0.15, 0.2) is 0 Å². The molecule has 0 spiro atoms. The van der Waals surface area contributed by atoms with E-state index in [1.807, 2.05) is 0 Å². The van der Waals surface area contributed by atoms with Crippen molar-refractivity contribution in [1.82, 2.24) is 9.88 Å². The van der Waals surface area contributed by atoms with Gasteiger partial charge >= 0.3 is 6.18 Å². The van der Waals surface area contributed by atoms with Crippen molar-refractivity contribution in [3.8, 4) is 0 Å². The number of aromatic nitrogens is 1. The molecule has 0 radical (unpaired) electrons.